The van der Waals surface area contributed by atoms with Crippen LogP contribution in [0.1, 0.15) is 45.4 Å². The number of ether oxygens (including phenoxy) is 4. The lowest BCUT2D eigenvalue weighted by Crippen LogP contribution is -2.44. The van der Waals surface area contributed by atoms with Crippen LogP contribution in [0.2, 0.25) is 0 Å². The Kier molecular flexibility index (Phi) is 8.32. The van der Waals surface area contributed by atoms with Crippen LogP contribution < -0.4 is 0 Å². The summed E-state index contributed by atoms with van der Waals surface area (Å²) < 4.78 is 49.3. The predicted molar refractivity (Wildman–Crippen MR) is 87.5 cm³/mol. The summed E-state index contributed by atoms with van der Waals surface area (Å²) >= 11 is 5.31. The molecule has 2 aliphatic rings. The molecule has 1 aliphatic carbocycles. The Bertz CT molecular complexity index is 408. The molecule has 0 bridgehead atoms. The van der Waals surface area contributed by atoms with Crippen molar-refractivity contribution >= 4 is 17.6 Å². The summed E-state index contributed by atoms with van der Waals surface area (Å²) in [6.07, 6.45) is -0.501. The van der Waals surface area contributed by atoms with Gasteiger partial charge in [-0.15, -0.1) is 11.6 Å². The van der Waals surface area contributed by atoms with Gasteiger partial charge in [0.25, 0.3) is 0 Å². The first-order valence-corrected chi connectivity index (χ1v) is 9.48. The number of carbonyl (C=O) groups excluding carboxylic acids is 1. The van der Waals surface area contributed by atoms with Crippen LogP contribution in [0.25, 0.3) is 0 Å². The molecule has 0 amide bonds. The third-order valence-electron chi connectivity index (χ3n) is 4.88. The molecule has 0 atom stereocenters. The third kappa shape index (κ3) is 6.62. The number of rotatable bonds is 8. The van der Waals surface area contributed by atoms with Gasteiger partial charge in [-0.25, -0.2) is 0 Å². The molecular weight excluding hydrogens is 358 g/mol. The SMILES string of the molecule is CCC1CCC(C(F)(F)OC2COC(CCOC(=O)CCl)OC2)CC1. The second kappa shape index (κ2) is 10.00. The van der Waals surface area contributed by atoms with E-state index in [-0.39, 0.29) is 25.7 Å². The van der Waals surface area contributed by atoms with Gasteiger partial charge >= 0.3 is 12.1 Å². The van der Waals surface area contributed by atoms with Gasteiger partial charge in [0.2, 0.25) is 0 Å². The van der Waals surface area contributed by atoms with Crippen LogP contribution in [0.15, 0.2) is 0 Å². The summed E-state index contributed by atoms with van der Waals surface area (Å²) in [5.74, 6) is -0.904. The molecule has 1 saturated heterocycles. The number of alkyl halides is 3. The van der Waals surface area contributed by atoms with Crippen molar-refractivity contribution in [2.45, 2.75) is 64.0 Å². The number of halogens is 3. The molecule has 0 aromatic heterocycles. The molecule has 1 heterocycles. The Morgan fingerprint density at radius 3 is 2.40 bits per heavy atom. The van der Waals surface area contributed by atoms with Crippen LogP contribution in [-0.2, 0) is 23.7 Å². The van der Waals surface area contributed by atoms with Gasteiger partial charge in [0.15, 0.2) is 6.29 Å². The van der Waals surface area contributed by atoms with Crippen molar-refractivity contribution in [3.8, 4) is 0 Å². The lowest BCUT2D eigenvalue weighted by molar-refractivity contribution is -0.333. The van der Waals surface area contributed by atoms with Crippen molar-refractivity contribution in [3.63, 3.8) is 0 Å². The second-order valence-corrected chi connectivity index (χ2v) is 6.93. The number of carbonyl (C=O) groups is 1. The average Bonchev–Trinajstić information content (AvgIpc) is 2.62. The quantitative estimate of drug-likeness (QED) is 0.471. The first kappa shape index (κ1) is 20.8. The van der Waals surface area contributed by atoms with Crippen molar-refractivity contribution < 1.29 is 32.5 Å². The highest BCUT2D eigenvalue weighted by atomic mass is 35.5. The van der Waals surface area contributed by atoms with E-state index in [2.05, 4.69) is 6.92 Å². The molecule has 0 N–H and O–H groups in total. The van der Waals surface area contributed by atoms with Crippen LogP contribution >= 0.6 is 11.6 Å². The van der Waals surface area contributed by atoms with Crippen LogP contribution in [0, 0.1) is 11.8 Å². The summed E-state index contributed by atoms with van der Waals surface area (Å²) in [5.41, 5.74) is 0. The molecule has 8 heteroatoms. The summed E-state index contributed by atoms with van der Waals surface area (Å²) in [6, 6.07) is 0. The summed E-state index contributed by atoms with van der Waals surface area (Å²) in [7, 11) is 0. The summed E-state index contributed by atoms with van der Waals surface area (Å²) in [4.78, 5) is 10.9. The van der Waals surface area contributed by atoms with Crippen molar-refractivity contribution in [1.82, 2.24) is 0 Å². The van der Waals surface area contributed by atoms with Gasteiger partial charge in [0.1, 0.15) is 12.0 Å². The van der Waals surface area contributed by atoms with Crippen molar-refractivity contribution in [2.24, 2.45) is 11.8 Å². The standard InChI is InChI=1S/C17H27ClF2O5/c1-2-12-3-5-13(6-4-12)17(19,20)25-14-10-23-16(24-11-14)7-8-22-15(21)9-18/h12-14,16H,2-11H2,1H3. The zero-order valence-corrected chi connectivity index (χ0v) is 15.3. The fourth-order valence-electron chi connectivity index (χ4n) is 3.29. The lowest BCUT2D eigenvalue weighted by atomic mass is 9.80. The molecule has 2 fully saturated rings. The largest absolute Gasteiger partial charge is 0.465 e. The molecule has 1 saturated carbocycles. The zero-order chi connectivity index (χ0) is 18.3. The topological polar surface area (TPSA) is 54.0 Å². The van der Waals surface area contributed by atoms with Crippen LogP contribution in [-0.4, -0.2) is 50.2 Å². The number of hydrogen-bond acceptors (Lipinski definition) is 5. The minimum Gasteiger partial charge on any atom is -0.465 e. The minimum atomic E-state index is -3.15. The van der Waals surface area contributed by atoms with E-state index in [1.807, 2.05) is 0 Å². The predicted octanol–water partition coefficient (Wildman–Crippen LogP) is 3.73. The molecule has 146 valence electrons. The Morgan fingerprint density at radius 1 is 1.20 bits per heavy atom. The molecule has 25 heavy (non-hydrogen) atoms. The van der Waals surface area contributed by atoms with Crippen LogP contribution in [0.4, 0.5) is 8.78 Å². The van der Waals surface area contributed by atoms with E-state index in [1.165, 1.54) is 0 Å². The van der Waals surface area contributed by atoms with E-state index >= 15 is 0 Å². The van der Waals surface area contributed by atoms with Crippen LogP contribution in [0.3, 0.4) is 0 Å². The average molecular weight is 385 g/mol. The molecule has 5 nitrogen and oxygen atoms in total. The number of esters is 1. The van der Waals surface area contributed by atoms with E-state index in [1.54, 1.807) is 0 Å². The highest BCUT2D eigenvalue weighted by molar-refractivity contribution is 6.26. The van der Waals surface area contributed by atoms with Crippen molar-refractivity contribution in [1.29, 1.82) is 0 Å². The smallest absolute Gasteiger partial charge is 0.358 e. The fourth-order valence-corrected chi connectivity index (χ4v) is 3.37. The first-order valence-electron chi connectivity index (χ1n) is 8.95. The van der Waals surface area contributed by atoms with Gasteiger partial charge in [-0.05, 0) is 31.6 Å². The molecule has 0 spiro atoms. The van der Waals surface area contributed by atoms with Gasteiger partial charge in [0, 0.05) is 6.42 Å². The van der Waals surface area contributed by atoms with E-state index in [9.17, 15) is 13.6 Å². The Morgan fingerprint density at radius 2 is 1.84 bits per heavy atom. The zero-order valence-electron chi connectivity index (χ0n) is 14.6. The molecule has 2 rings (SSSR count). The molecular formula is C17H27ClF2O5. The molecule has 0 aromatic rings. The maximum Gasteiger partial charge on any atom is 0.358 e. The summed E-state index contributed by atoms with van der Waals surface area (Å²) in [6.45, 7) is 2.28. The highest BCUT2D eigenvalue weighted by Gasteiger charge is 2.45. The first-order chi connectivity index (χ1) is 11.9. The third-order valence-corrected chi connectivity index (χ3v) is 5.10. The van der Waals surface area contributed by atoms with E-state index in [0.717, 1.165) is 19.3 Å². The Balaban J connectivity index is 1.67. The summed E-state index contributed by atoms with van der Waals surface area (Å²) in [5, 5.41) is 0. The minimum absolute atomic E-state index is 0.0357. The van der Waals surface area contributed by atoms with Crippen molar-refractivity contribution in [2.75, 3.05) is 25.7 Å². The maximum absolute atomic E-state index is 14.3. The Labute approximate surface area is 152 Å². The normalized spacial score (nSPS) is 30.9. The molecule has 0 aromatic carbocycles. The second-order valence-electron chi connectivity index (χ2n) is 6.67. The van der Waals surface area contributed by atoms with Gasteiger partial charge < -0.3 is 18.9 Å². The molecule has 0 unspecified atom stereocenters. The van der Waals surface area contributed by atoms with E-state index in [4.69, 9.17) is 30.5 Å². The highest BCUT2D eigenvalue weighted by Crippen LogP contribution is 2.41. The monoisotopic (exact) mass is 384 g/mol. The van der Waals surface area contributed by atoms with Gasteiger partial charge in [-0.3, -0.25) is 4.79 Å². The van der Waals surface area contributed by atoms with Crippen molar-refractivity contribution in [3.05, 3.63) is 0 Å². The Hall–Kier alpha value is -0.500. The van der Waals surface area contributed by atoms with Gasteiger partial charge in [-0.1, -0.05) is 13.3 Å². The van der Waals surface area contributed by atoms with Gasteiger partial charge in [-0.2, -0.15) is 8.78 Å². The number of hydrogen-bond donors (Lipinski definition) is 0. The van der Waals surface area contributed by atoms with Crippen LogP contribution in [0.5, 0.6) is 0 Å². The maximum atomic E-state index is 14.3. The van der Waals surface area contributed by atoms with Gasteiger partial charge in [0.05, 0.1) is 25.7 Å². The molecule has 1 aliphatic heterocycles. The van der Waals surface area contributed by atoms with E-state index < -0.39 is 30.4 Å². The lowest BCUT2D eigenvalue weighted by Gasteiger charge is -2.36. The molecule has 0 radical (unpaired) electrons. The van der Waals surface area contributed by atoms with E-state index in [0.29, 0.717) is 25.2 Å². The fraction of sp³-hybridized carbons (Fsp3) is 0.941.